The van der Waals surface area contributed by atoms with Gasteiger partial charge in [-0.3, -0.25) is 0 Å². The highest BCUT2D eigenvalue weighted by molar-refractivity contribution is 9.10. The highest BCUT2D eigenvalue weighted by Crippen LogP contribution is 2.29. The lowest BCUT2D eigenvalue weighted by molar-refractivity contribution is -0.670. The molecule has 0 radical (unpaired) electrons. The molecule has 0 aliphatic rings. The average molecular weight is 463 g/mol. The third-order valence-corrected chi connectivity index (χ3v) is 5.35. The normalized spacial score (nSPS) is 10.8. The summed E-state index contributed by atoms with van der Waals surface area (Å²) in [6.07, 6.45) is 4.22. The molecule has 3 rings (SSSR count). The Morgan fingerprint density at radius 3 is 2.21 bits per heavy atom. The number of aromatic nitrogens is 1. The van der Waals surface area contributed by atoms with Crippen molar-refractivity contribution in [2.45, 2.75) is 11.8 Å². The SMILES string of the molecule is CN(C)c1cc[n+](C)cc1-c1cccc(Br)c1.Cc1ccc(S(=O)(=O)[O-])cc1. The Balaban J connectivity index is 0.000000221. The summed E-state index contributed by atoms with van der Waals surface area (Å²) in [5, 5.41) is 0. The van der Waals surface area contributed by atoms with Crippen molar-refractivity contribution in [1.82, 2.24) is 0 Å². The largest absolute Gasteiger partial charge is 0.744 e. The van der Waals surface area contributed by atoms with E-state index < -0.39 is 10.1 Å². The quantitative estimate of drug-likeness (QED) is 0.437. The minimum atomic E-state index is -4.27. The molecule has 7 heteroatoms. The molecular formula is C21H23BrN2O3S. The number of benzene rings is 2. The Bertz CT molecular complexity index is 1050. The summed E-state index contributed by atoms with van der Waals surface area (Å²) < 4.78 is 34.3. The van der Waals surface area contributed by atoms with Crippen LogP contribution in [0, 0.1) is 6.92 Å². The number of hydrogen-bond donors (Lipinski definition) is 0. The van der Waals surface area contributed by atoms with Crippen LogP contribution >= 0.6 is 15.9 Å². The molecule has 0 saturated heterocycles. The lowest BCUT2D eigenvalue weighted by Crippen LogP contribution is -2.27. The standard InChI is InChI=1S/C14H16BrN2.C7H8O3S/c1-16(2)14-7-8-17(3)10-13(14)11-5-4-6-12(15)9-11;1-6-2-4-7(5-3-6)11(8,9)10/h4-10H,1-3H3;2-5H,1H3,(H,8,9,10)/q+1;/p-1. The molecule has 1 aromatic heterocycles. The number of aryl methyl sites for hydroxylation is 2. The number of hydrogen-bond acceptors (Lipinski definition) is 4. The van der Waals surface area contributed by atoms with Crippen molar-refractivity contribution >= 4 is 31.7 Å². The number of halogens is 1. The van der Waals surface area contributed by atoms with E-state index in [1.807, 2.05) is 20.0 Å². The lowest BCUT2D eigenvalue weighted by Gasteiger charge is -2.16. The molecule has 0 N–H and O–H groups in total. The van der Waals surface area contributed by atoms with Gasteiger partial charge in [-0.05, 0) is 36.8 Å². The van der Waals surface area contributed by atoms with Crippen LogP contribution < -0.4 is 9.47 Å². The van der Waals surface area contributed by atoms with Crippen molar-refractivity contribution in [3.63, 3.8) is 0 Å². The van der Waals surface area contributed by atoms with Gasteiger partial charge in [0, 0.05) is 24.6 Å². The van der Waals surface area contributed by atoms with E-state index in [-0.39, 0.29) is 4.90 Å². The van der Waals surface area contributed by atoms with E-state index in [4.69, 9.17) is 0 Å². The molecule has 0 amide bonds. The van der Waals surface area contributed by atoms with E-state index in [1.54, 1.807) is 12.1 Å². The van der Waals surface area contributed by atoms with Crippen molar-refractivity contribution in [3.05, 3.63) is 77.0 Å². The Kier molecular flexibility index (Phi) is 7.35. The van der Waals surface area contributed by atoms with Gasteiger partial charge in [0.2, 0.25) is 0 Å². The highest BCUT2D eigenvalue weighted by Gasteiger charge is 2.11. The van der Waals surface area contributed by atoms with Crippen LogP contribution in [-0.2, 0) is 17.2 Å². The molecule has 0 saturated carbocycles. The maximum atomic E-state index is 10.4. The first-order valence-electron chi connectivity index (χ1n) is 8.53. The monoisotopic (exact) mass is 462 g/mol. The van der Waals surface area contributed by atoms with Gasteiger partial charge in [-0.2, -0.15) is 0 Å². The van der Waals surface area contributed by atoms with Crippen LogP contribution in [0.3, 0.4) is 0 Å². The minimum Gasteiger partial charge on any atom is -0.744 e. The fourth-order valence-corrected chi connectivity index (χ4v) is 3.43. The van der Waals surface area contributed by atoms with Gasteiger partial charge in [0.05, 0.1) is 16.1 Å². The minimum absolute atomic E-state index is 0.178. The molecular weight excluding hydrogens is 440 g/mol. The second kappa shape index (κ2) is 9.32. The van der Waals surface area contributed by atoms with Crippen LogP contribution in [0.4, 0.5) is 5.69 Å². The molecule has 0 aliphatic carbocycles. The second-order valence-electron chi connectivity index (χ2n) is 6.58. The summed E-state index contributed by atoms with van der Waals surface area (Å²) >= 11 is 3.52. The molecule has 148 valence electrons. The zero-order valence-electron chi connectivity index (χ0n) is 16.3. The second-order valence-corrected chi connectivity index (χ2v) is 8.88. The Morgan fingerprint density at radius 2 is 1.68 bits per heavy atom. The van der Waals surface area contributed by atoms with E-state index in [0.29, 0.717) is 0 Å². The molecule has 5 nitrogen and oxygen atoms in total. The number of anilines is 1. The summed E-state index contributed by atoms with van der Waals surface area (Å²) in [7, 11) is 1.91. The van der Waals surface area contributed by atoms with Crippen molar-refractivity contribution in [1.29, 1.82) is 0 Å². The third-order valence-electron chi connectivity index (χ3n) is 4.00. The van der Waals surface area contributed by atoms with E-state index in [1.165, 1.54) is 28.9 Å². The zero-order valence-corrected chi connectivity index (χ0v) is 18.7. The molecule has 28 heavy (non-hydrogen) atoms. The van der Waals surface area contributed by atoms with Crippen LogP contribution in [0.5, 0.6) is 0 Å². The van der Waals surface area contributed by atoms with Gasteiger partial charge in [0.15, 0.2) is 12.4 Å². The van der Waals surface area contributed by atoms with Crippen LogP contribution in [0.2, 0.25) is 0 Å². The van der Waals surface area contributed by atoms with E-state index in [9.17, 15) is 13.0 Å². The smallest absolute Gasteiger partial charge is 0.178 e. The maximum Gasteiger partial charge on any atom is 0.178 e. The van der Waals surface area contributed by atoms with E-state index in [0.717, 1.165) is 10.0 Å². The lowest BCUT2D eigenvalue weighted by atomic mass is 10.1. The molecule has 3 aromatic rings. The van der Waals surface area contributed by atoms with Crippen molar-refractivity contribution in [2.75, 3.05) is 19.0 Å². The molecule has 0 unspecified atom stereocenters. The van der Waals surface area contributed by atoms with Gasteiger partial charge in [-0.1, -0.05) is 45.8 Å². The number of rotatable bonds is 3. The van der Waals surface area contributed by atoms with Crippen molar-refractivity contribution in [2.24, 2.45) is 7.05 Å². The third kappa shape index (κ3) is 6.15. The first-order valence-corrected chi connectivity index (χ1v) is 10.7. The molecule has 2 aromatic carbocycles. The number of pyridine rings is 1. The molecule has 0 atom stereocenters. The number of nitrogens with zero attached hydrogens (tertiary/aromatic N) is 2. The summed E-state index contributed by atoms with van der Waals surface area (Å²) in [5.41, 5.74) is 4.61. The summed E-state index contributed by atoms with van der Waals surface area (Å²) in [6, 6.07) is 16.3. The fraction of sp³-hybridized carbons (Fsp3) is 0.190. The van der Waals surface area contributed by atoms with Crippen LogP contribution in [0.1, 0.15) is 5.56 Å². The van der Waals surface area contributed by atoms with E-state index in [2.05, 4.69) is 76.2 Å². The Labute approximate surface area is 175 Å². The van der Waals surface area contributed by atoms with Crippen LogP contribution in [0.25, 0.3) is 11.1 Å². The van der Waals surface area contributed by atoms with Gasteiger partial charge >= 0.3 is 0 Å². The van der Waals surface area contributed by atoms with Gasteiger partial charge < -0.3 is 9.45 Å². The zero-order chi connectivity index (χ0) is 20.9. The van der Waals surface area contributed by atoms with Crippen LogP contribution in [0.15, 0.2) is 76.4 Å². The molecule has 0 spiro atoms. The van der Waals surface area contributed by atoms with Gasteiger partial charge in [0.1, 0.15) is 17.2 Å². The topological polar surface area (TPSA) is 64.3 Å². The fourth-order valence-electron chi connectivity index (χ4n) is 2.56. The van der Waals surface area contributed by atoms with Gasteiger partial charge in [0.25, 0.3) is 0 Å². The Morgan fingerprint density at radius 1 is 1.04 bits per heavy atom. The first kappa shape index (κ1) is 22.1. The summed E-state index contributed by atoms with van der Waals surface area (Å²) in [5.74, 6) is 0. The van der Waals surface area contributed by atoms with E-state index >= 15 is 0 Å². The average Bonchev–Trinajstić information content (AvgIpc) is 2.61. The highest BCUT2D eigenvalue weighted by atomic mass is 79.9. The van der Waals surface area contributed by atoms with Crippen LogP contribution in [-0.4, -0.2) is 27.1 Å². The summed E-state index contributed by atoms with van der Waals surface area (Å²) in [6.45, 7) is 1.82. The van der Waals surface area contributed by atoms with Crippen molar-refractivity contribution in [3.8, 4) is 11.1 Å². The van der Waals surface area contributed by atoms with Crippen molar-refractivity contribution < 1.29 is 17.5 Å². The predicted octanol–water partition coefficient (Wildman–Crippen LogP) is 3.91. The molecule has 0 aliphatic heterocycles. The summed E-state index contributed by atoms with van der Waals surface area (Å²) in [4.78, 5) is 1.96. The first-order chi connectivity index (χ1) is 13.1. The predicted molar refractivity (Wildman–Crippen MR) is 114 cm³/mol. The molecule has 0 bridgehead atoms. The molecule has 1 heterocycles. The Hall–Kier alpha value is -2.22. The maximum absolute atomic E-state index is 10.4. The van der Waals surface area contributed by atoms with Gasteiger partial charge in [-0.15, -0.1) is 0 Å². The van der Waals surface area contributed by atoms with Gasteiger partial charge in [-0.25, -0.2) is 13.0 Å². The molecule has 0 fully saturated rings.